The van der Waals surface area contributed by atoms with Crippen molar-refractivity contribution in [3.05, 3.63) is 77.0 Å². The van der Waals surface area contributed by atoms with Crippen LogP contribution in [-0.2, 0) is 5.41 Å². The lowest BCUT2D eigenvalue weighted by atomic mass is 9.82. The van der Waals surface area contributed by atoms with Crippen LogP contribution in [0.3, 0.4) is 0 Å². The van der Waals surface area contributed by atoms with Gasteiger partial charge in [-0.15, -0.1) is 0 Å². The topological polar surface area (TPSA) is 12.9 Å². The van der Waals surface area contributed by atoms with Gasteiger partial charge in [0.15, 0.2) is 0 Å². The summed E-state index contributed by atoms with van der Waals surface area (Å²) in [7, 11) is 0. The molecule has 23 heavy (non-hydrogen) atoms. The van der Waals surface area contributed by atoms with E-state index in [1.54, 1.807) is 0 Å². The van der Waals surface area contributed by atoms with Crippen LogP contribution < -0.4 is 0 Å². The second-order valence-corrected chi connectivity index (χ2v) is 7.16. The molecule has 1 heterocycles. The Morgan fingerprint density at radius 2 is 1.48 bits per heavy atom. The molecular weight excluding hydrogens is 278 g/mol. The molecule has 0 atom stereocenters. The van der Waals surface area contributed by atoms with Crippen LogP contribution in [0.4, 0.5) is 0 Å². The van der Waals surface area contributed by atoms with Gasteiger partial charge in [0.1, 0.15) is 0 Å². The molecule has 0 radical (unpaired) electrons. The van der Waals surface area contributed by atoms with E-state index in [-0.39, 0.29) is 5.41 Å². The number of benzene rings is 2. The zero-order valence-corrected chi connectivity index (χ0v) is 14.1. The van der Waals surface area contributed by atoms with Crippen molar-refractivity contribution in [2.75, 3.05) is 0 Å². The molecule has 1 aliphatic rings. The first-order valence-corrected chi connectivity index (χ1v) is 8.16. The number of pyridine rings is 1. The van der Waals surface area contributed by atoms with E-state index in [1.807, 2.05) is 0 Å². The Labute approximate surface area is 138 Å². The number of hydrogen-bond acceptors (Lipinski definition) is 1. The van der Waals surface area contributed by atoms with Crippen molar-refractivity contribution in [3.8, 4) is 22.4 Å². The van der Waals surface area contributed by atoms with Gasteiger partial charge in [0.05, 0.1) is 5.69 Å². The Morgan fingerprint density at radius 1 is 0.783 bits per heavy atom. The van der Waals surface area contributed by atoms with Crippen molar-refractivity contribution < 1.29 is 0 Å². The highest BCUT2D eigenvalue weighted by Gasteiger charge is 2.35. The summed E-state index contributed by atoms with van der Waals surface area (Å²) in [5.41, 5.74) is 10.2. The molecule has 2 aromatic carbocycles. The van der Waals surface area contributed by atoms with Gasteiger partial charge in [-0.3, -0.25) is 4.98 Å². The molecule has 1 aliphatic carbocycles. The first kappa shape index (κ1) is 14.2. The molecule has 114 valence electrons. The molecule has 4 rings (SSSR count). The monoisotopic (exact) mass is 299 g/mol. The normalized spacial score (nSPS) is 14.4. The van der Waals surface area contributed by atoms with Crippen LogP contribution >= 0.6 is 0 Å². The van der Waals surface area contributed by atoms with E-state index in [1.165, 1.54) is 38.9 Å². The molecule has 0 N–H and O–H groups in total. The molecule has 0 saturated heterocycles. The third-order valence-corrected chi connectivity index (χ3v) is 4.99. The molecule has 3 aromatic rings. The van der Waals surface area contributed by atoms with E-state index in [0.717, 1.165) is 5.69 Å². The molecule has 0 spiro atoms. The van der Waals surface area contributed by atoms with Gasteiger partial charge in [-0.2, -0.15) is 0 Å². The highest BCUT2D eigenvalue weighted by molar-refractivity contribution is 5.81. The fourth-order valence-corrected chi connectivity index (χ4v) is 3.88. The summed E-state index contributed by atoms with van der Waals surface area (Å²) in [4.78, 5) is 4.77. The third kappa shape index (κ3) is 2.11. The minimum absolute atomic E-state index is 0.0302. The average Bonchev–Trinajstić information content (AvgIpc) is 2.75. The summed E-state index contributed by atoms with van der Waals surface area (Å²) in [6.07, 6.45) is 2.05. The molecular formula is C22H21N. The van der Waals surface area contributed by atoms with Gasteiger partial charge in [-0.05, 0) is 48.7 Å². The highest BCUT2D eigenvalue weighted by atomic mass is 14.7. The van der Waals surface area contributed by atoms with Crippen LogP contribution in [0.15, 0.2) is 54.7 Å². The summed E-state index contributed by atoms with van der Waals surface area (Å²) in [6.45, 7) is 8.90. The van der Waals surface area contributed by atoms with Crippen molar-refractivity contribution in [1.82, 2.24) is 4.98 Å². The van der Waals surface area contributed by atoms with Crippen LogP contribution in [0.2, 0.25) is 0 Å². The molecule has 1 aromatic heterocycles. The second-order valence-electron chi connectivity index (χ2n) is 7.16. The molecule has 1 nitrogen and oxygen atoms in total. The smallest absolute Gasteiger partial charge is 0.0705 e. The molecule has 0 aliphatic heterocycles. The lowest BCUT2D eigenvalue weighted by Gasteiger charge is -2.21. The minimum Gasteiger partial charge on any atom is -0.256 e. The maximum absolute atomic E-state index is 4.77. The van der Waals surface area contributed by atoms with Crippen molar-refractivity contribution in [2.24, 2.45) is 0 Å². The minimum atomic E-state index is 0.0302. The Balaban J connectivity index is 1.92. The SMILES string of the molecule is Cc1cc(C)cc(-c2cc3c(cn2)-c2ccccc2C3(C)C)c1. The standard InChI is InChI=1S/C22H21N/c1-14-9-15(2)11-16(10-14)21-12-20-18(13-23-21)17-7-5-6-8-19(17)22(20,3)4/h5-13H,1-4H3. The first-order chi connectivity index (χ1) is 11.0. The fourth-order valence-electron chi connectivity index (χ4n) is 3.88. The predicted molar refractivity (Wildman–Crippen MR) is 96.7 cm³/mol. The second kappa shape index (κ2) is 4.79. The van der Waals surface area contributed by atoms with Crippen LogP contribution in [-0.4, -0.2) is 4.98 Å². The van der Waals surface area contributed by atoms with Crippen LogP contribution in [0.1, 0.15) is 36.1 Å². The van der Waals surface area contributed by atoms with Crippen molar-refractivity contribution >= 4 is 0 Å². The van der Waals surface area contributed by atoms with Gasteiger partial charge in [-0.25, -0.2) is 0 Å². The van der Waals surface area contributed by atoms with E-state index in [9.17, 15) is 0 Å². The number of aryl methyl sites for hydroxylation is 2. The Kier molecular flexibility index (Phi) is 2.96. The van der Waals surface area contributed by atoms with E-state index in [4.69, 9.17) is 4.98 Å². The van der Waals surface area contributed by atoms with Gasteiger partial charge in [0.2, 0.25) is 0 Å². The lowest BCUT2D eigenvalue weighted by molar-refractivity contribution is 0.660. The lowest BCUT2D eigenvalue weighted by Crippen LogP contribution is -2.15. The quantitative estimate of drug-likeness (QED) is 0.564. The van der Waals surface area contributed by atoms with Gasteiger partial charge in [0.25, 0.3) is 0 Å². The van der Waals surface area contributed by atoms with Crippen molar-refractivity contribution in [1.29, 1.82) is 0 Å². The average molecular weight is 299 g/mol. The zero-order chi connectivity index (χ0) is 16.2. The summed E-state index contributed by atoms with van der Waals surface area (Å²) in [5.74, 6) is 0. The summed E-state index contributed by atoms with van der Waals surface area (Å²) in [5, 5.41) is 0. The van der Waals surface area contributed by atoms with Crippen molar-refractivity contribution in [2.45, 2.75) is 33.1 Å². The van der Waals surface area contributed by atoms with Crippen LogP contribution in [0.5, 0.6) is 0 Å². The predicted octanol–water partition coefficient (Wildman–Crippen LogP) is 5.67. The number of nitrogens with zero attached hydrogens (tertiary/aromatic N) is 1. The number of aromatic nitrogens is 1. The largest absolute Gasteiger partial charge is 0.256 e. The van der Waals surface area contributed by atoms with E-state index in [2.05, 4.69) is 82.4 Å². The number of rotatable bonds is 1. The maximum Gasteiger partial charge on any atom is 0.0705 e. The Bertz CT molecular complexity index is 899. The van der Waals surface area contributed by atoms with E-state index in [0.29, 0.717) is 0 Å². The fraction of sp³-hybridized carbons (Fsp3) is 0.227. The molecule has 1 heteroatoms. The summed E-state index contributed by atoms with van der Waals surface area (Å²) in [6, 6.07) is 17.6. The Morgan fingerprint density at radius 3 is 2.22 bits per heavy atom. The third-order valence-electron chi connectivity index (χ3n) is 4.99. The number of hydrogen-bond donors (Lipinski definition) is 0. The van der Waals surface area contributed by atoms with Gasteiger partial charge in [-0.1, -0.05) is 55.3 Å². The summed E-state index contributed by atoms with van der Waals surface area (Å²) >= 11 is 0. The van der Waals surface area contributed by atoms with E-state index < -0.39 is 0 Å². The number of fused-ring (bicyclic) bond motifs is 3. The highest BCUT2D eigenvalue weighted by Crippen LogP contribution is 2.48. The van der Waals surface area contributed by atoms with Gasteiger partial charge < -0.3 is 0 Å². The first-order valence-electron chi connectivity index (χ1n) is 8.16. The molecule has 0 fully saturated rings. The molecule has 0 amide bonds. The van der Waals surface area contributed by atoms with Crippen LogP contribution in [0.25, 0.3) is 22.4 Å². The van der Waals surface area contributed by atoms with Gasteiger partial charge >= 0.3 is 0 Å². The zero-order valence-electron chi connectivity index (χ0n) is 14.1. The molecule has 0 bridgehead atoms. The van der Waals surface area contributed by atoms with Crippen molar-refractivity contribution in [3.63, 3.8) is 0 Å². The van der Waals surface area contributed by atoms with E-state index >= 15 is 0 Å². The Hall–Kier alpha value is -2.41. The summed E-state index contributed by atoms with van der Waals surface area (Å²) < 4.78 is 0. The maximum atomic E-state index is 4.77. The van der Waals surface area contributed by atoms with Crippen LogP contribution in [0, 0.1) is 13.8 Å². The molecule has 0 unspecified atom stereocenters. The molecule has 0 saturated carbocycles. The van der Waals surface area contributed by atoms with Gasteiger partial charge in [0, 0.05) is 22.7 Å².